The van der Waals surface area contributed by atoms with Crippen LogP contribution in [0.3, 0.4) is 0 Å². The maximum absolute atomic E-state index is 13.1. The molecule has 1 amide bonds. The first-order valence-corrected chi connectivity index (χ1v) is 6.74. The first-order valence-electron chi connectivity index (χ1n) is 6.34. The second-order valence-corrected chi connectivity index (χ2v) is 5.42. The minimum Gasteiger partial charge on any atom is -0.393 e. The van der Waals surface area contributed by atoms with Gasteiger partial charge in [0.05, 0.1) is 4.99 Å². The Balaban J connectivity index is 2.17. The van der Waals surface area contributed by atoms with Gasteiger partial charge in [-0.15, -0.1) is 0 Å². The third-order valence-electron chi connectivity index (χ3n) is 3.53. The van der Waals surface area contributed by atoms with E-state index in [4.69, 9.17) is 18.0 Å². The second-order valence-electron chi connectivity index (χ2n) is 4.95. The average molecular weight is 280 g/mol. The molecule has 1 unspecified atom stereocenters. The van der Waals surface area contributed by atoms with E-state index in [0.717, 1.165) is 12.8 Å². The molecular formula is C14H17FN2OS. The van der Waals surface area contributed by atoms with Crippen molar-refractivity contribution in [2.45, 2.75) is 19.8 Å². The minimum absolute atomic E-state index is 0.0709. The van der Waals surface area contributed by atoms with Gasteiger partial charge in [-0.25, -0.2) is 4.39 Å². The number of amides is 1. The van der Waals surface area contributed by atoms with Gasteiger partial charge in [-0.05, 0) is 43.5 Å². The summed E-state index contributed by atoms with van der Waals surface area (Å²) in [6, 6.07) is 4.23. The number of rotatable bonds is 2. The lowest BCUT2D eigenvalue weighted by Crippen LogP contribution is -2.43. The monoisotopic (exact) mass is 280 g/mol. The van der Waals surface area contributed by atoms with Crippen LogP contribution in [0.15, 0.2) is 18.2 Å². The average Bonchev–Trinajstić information content (AvgIpc) is 2.38. The number of nitrogens with zero attached hydrogens (tertiary/aromatic N) is 1. The van der Waals surface area contributed by atoms with Gasteiger partial charge in [-0.1, -0.05) is 12.2 Å². The zero-order valence-corrected chi connectivity index (χ0v) is 11.7. The SMILES string of the molecule is Cc1cc(F)ccc1C(=O)N1CCCC(C(N)=S)C1. The number of aryl methyl sites for hydroxylation is 1. The summed E-state index contributed by atoms with van der Waals surface area (Å²) in [5, 5.41) is 0. The van der Waals surface area contributed by atoms with Crippen molar-refractivity contribution in [3.05, 3.63) is 35.1 Å². The van der Waals surface area contributed by atoms with E-state index < -0.39 is 0 Å². The van der Waals surface area contributed by atoms with E-state index in [1.807, 2.05) is 0 Å². The highest BCUT2D eigenvalue weighted by atomic mass is 32.1. The molecule has 1 aliphatic heterocycles. The van der Waals surface area contributed by atoms with Crippen LogP contribution in [0.4, 0.5) is 4.39 Å². The van der Waals surface area contributed by atoms with Crippen LogP contribution in [0, 0.1) is 18.7 Å². The number of likely N-dealkylation sites (tertiary alicyclic amines) is 1. The van der Waals surface area contributed by atoms with Crippen LogP contribution in [0.1, 0.15) is 28.8 Å². The molecule has 3 nitrogen and oxygen atoms in total. The number of thiocarbonyl (C=S) groups is 1. The molecule has 0 saturated carbocycles. The molecule has 102 valence electrons. The molecule has 0 aromatic heterocycles. The molecule has 1 aromatic rings. The predicted molar refractivity (Wildman–Crippen MR) is 76.5 cm³/mol. The zero-order chi connectivity index (χ0) is 14.0. The fourth-order valence-corrected chi connectivity index (χ4v) is 2.62. The van der Waals surface area contributed by atoms with Crippen molar-refractivity contribution in [3.8, 4) is 0 Å². The molecule has 1 fully saturated rings. The molecule has 0 aliphatic carbocycles. The molecule has 0 radical (unpaired) electrons. The molecule has 1 heterocycles. The fraction of sp³-hybridized carbons (Fsp3) is 0.429. The summed E-state index contributed by atoms with van der Waals surface area (Å²) in [6.07, 6.45) is 1.83. The lowest BCUT2D eigenvalue weighted by Gasteiger charge is -2.32. The summed E-state index contributed by atoms with van der Waals surface area (Å²) in [7, 11) is 0. The summed E-state index contributed by atoms with van der Waals surface area (Å²) >= 11 is 5.00. The first-order chi connectivity index (χ1) is 8.99. The number of hydrogen-bond donors (Lipinski definition) is 1. The van der Waals surface area contributed by atoms with Crippen molar-refractivity contribution in [2.24, 2.45) is 11.7 Å². The van der Waals surface area contributed by atoms with E-state index in [9.17, 15) is 9.18 Å². The summed E-state index contributed by atoms with van der Waals surface area (Å²) in [5.41, 5.74) is 6.86. The molecule has 19 heavy (non-hydrogen) atoms. The molecule has 1 saturated heterocycles. The molecule has 2 rings (SSSR count). The Morgan fingerprint density at radius 2 is 2.26 bits per heavy atom. The summed E-state index contributed by atoms with van der Waals surface area (Å²) in [5.74, 6) is -0.305. The van der Waals surface area contributed by atoms with Gasteiger partial charge < -0.3 is 10.6 Å². The number of halogens is 1. The molecule has 0 spiro atoms. The van der Waals surface area contributed by atoms with E-state index >= 15 is 0 Å². The Kier molecular flexibility index (Phi) is 4.14. The molecule has 5 heteroatoms. The highest BCUT2D eigenvalue weighted by molar-refractivity contribution is 7.80. The van der Waals surface area contributed by atoms with Crippen LogP contribution in [0.5, 0.6) is 0 Å². The summed E-state index contributed by atoms with van der Waals surface area (Å²) < 4.78 is 13.1. The van der Waals surface area contributed by atoms with Crippen LogP contribution >= 0.6 is 12.2 Å². The van der Waals surface area contributed by atoms with Crippen molar-refractivity contribution in [1.82, 2.24) is 4.90 Å². The van der Waals surface area contributed by atoms with Crippen LogP contribution in [-0.2, 0) is 0 Å². The third kappa shape index (κ3) is 3.10. The summed E-state index contributed by atoms with van der Waals surface area (Å²) in [6.45, 7) is 3.01. The number of benzene rings is 1. The van der Waals surface area contributed by atoms with Gasteiger partial charge in [-0.2, -0.15) is 0 Å². The molecular weight excluding hydrogens is 263 g/mol. The van der Waals surface area contributed by atoms with Crippen LogP contribution in [0.2, 0.25) is 0 Å². The van der Waals surface area contributed by atoms with Crippen molar-refractivity contribution in [1.29, 1.82) is 0 Å². The Labute approximate surface area is 117 Å². The maximum Gasteiger partial charge on any atom is 0.254 e. The molecule has 1 aromatic carbocycles. The van der Waals surface area contributed by atoms with Crippen LogP contribution in [-0.4, -0.2) is 28.9 Å². The van der Waals surface area contributed by atoms with Crippen LogP contribution in [0.25, 0.3) is 0 Å². The second kappa shape index (κ2) is 5.65. The highest BCUT2D eigenvalue weighted by Crippen LogP contribution is 2.20. The zero-order valence-electron chi connectivity index (χ0n) is 10.9. The molecule has 1 aliphatic rings. The smallest absolute Gasteiger partial charge is 0.254 e. The van der Waals surface area contributed by atoms with Gasteiger partial charge in [0.15, 0.2) is 0 Å². The van der Waals surface area contributed by atoms with Crippen LogP contribution < -0.4 is 5.73 Å². The predicted octanol–water partition coefficient (Wildman–Crippen LogP) is 2.27. The lowest BCUT2D eigenvalue weighted by atomic mass is 9.97. The van der Waals surface area contributed by atoms with E-state index in [1.165, 1.54) is 18.2 Å². The Morgan fingerprint density at radius 1 is 1.53 bits per heavy atom. The van der Waals surface area contributed by atoms with Gasteiger partial charge in [0.1, 0.15) is 5.82 Å². The van der Waals surface area contributed by atoms with Crippen molar-refractivity contribution in [2.75, 3.05) is 13.1 Å². The summed E-state index contributed by atoms with van der Waals surface area (Å²) in [4.78, 5) is 14.6. The van der Waals surface area contributed by atoms with Gasteiger partial charge >= 0.3 is 0 Å². The molecule has 2 N–H and O–H groups in total. The number of carbonyl (C=O) groups excluding carboxylic acids is 1. The van der Waals surface area contributed by atoms with E-state index in [0.29, 0.717) is 29.2 Å². The molecule has 1 atom stereocenters. The van der Waals surface area contributed by atoms with Gasteiger partial charge in [0.2, 0.25) is 0 Å². The van der Waals surface area contributed by atoms with Crippen molar-refractivity contribution < 1.29 is 9.18 Å². The maximum atomic E-state index is 13.1. The quantitative estimate of drug-likeness (QED) is 0.845. The van der Waals surface area contributed by atoms with E-state index in [-0.39, 0.29) is 17.6 Å². The lowest BCUT2D eigenvalue weighted by molar-refractivity contribution is 0.0703. The topological polar surface area (TPSA) is 46.3 Å². The number of hydrogen-bond acceptors (Lipinski definition) is 2. The largest absolute Gasteiger partial charge is 0.393 e. The first kappa shape index (κ1) is 13.9. The number of carbonyl (C=O) groups is 1. The van der Waals surface area contributed by atoms with Crippen molar-refractivity contribution in [3.63, 3.8) is 0 Å². The number of nitrogens with two attached hydrogens (primary N) is 1. The van der Waals surface area contributed by atoms with Gasteiger partial charge in [0, 0.05) is 24.6 Å². The van der Waals surface area contributed by atoms with E-state index in [2.05, 4.69) is 0 Å². The Bertz CT molecular complexity index is 518. The minimum atomic E-state index is -0.325. The van der Waals surface area contributed by atoms with Gasteiger partial charge in [-0.3, -0.25) is 4.79 Å². The Morgan fingerprint density at radius 3 is 2.89 bits per heavy atom. The Hall–Kier alpha value is -1.49. The van der Waals surface area contributed by atoms with E-state index in [1.54, 1.807) is 11.8 Å². The third-order valence-corrected chi connectivity index (χ3v) is 3.86. The fourth-order valence-electron chi connectivity index (χ4n) is 2.43. The standard InChI is InChI=1S/C14H17FN2OS/c1-9-7-11(15)4-5-12(9)14(18)17-6-2-3-10(8-17)13(16)19/h4-5,7,10H,2-3,6,8H2,1H3,(H2,16,19). The number of piperidine rings is 1. The normalized spacial score (nSPS) is 19.3. The molecule has 0 bridgehead atoms. The van der Waals surface area contributed by atoms with Crippen molar-refractivity contribution >= 4 is 23.1 Å². The highest BCUT2D eigenvalue weighted by Gasteiger charge is 2.26. The van der Waals surface area contributed by atoms with Gasteiger partial charge in [0.25, 0.3) is 5.91 Å².